The van der Waals surface area contributed by atoms with E-state index in [-0.39, 0.29) is 11.9 Å². The van der Waals surface area contributed by atoms with Crippen LogP contribution in [0.3, 0.4) is 0 Å². The number of aromatic nitrogens is 1. The summed E-state index contributed by atoms with van der Waals surface area (Å²) >= 11 is 0. The summed E-state index contributed by atoms with van der Waals surface area (Å²) in [4.78, 5) is 18.3. The lowest BCUT2D eigenvalue weighted by atomic mass is 9.98. The number of para-hydroxylation sites is 1. The van der Waals surface area contributed by atoms with E-state index < -0.39 is 0 Å². The Hall–Kier alpha value is -2.20. The molecule has 1 aromatic heterocycles. The van der Waals surface area contributed by atoms with Gasteiger partial charge in [-0.25, -0.2) is 0 Å². The van der Waals surface area contributed by atoms with Crippen molar-refractivity contribution in [2.75, 3.05) is 11.4 Å². The predicted molar refractivity (Wildman–Crippen MR) is 74.0 cm³/mol. The summed E-state index contributed by atoms with van der Waals surface area (Å²) < 4.78 is 0. The van der Waals surface area contributed by atoms with Crippen molar-refractivity contribution >= 4 is 11.6 Å². The Bertz CT molecular complexity index is 597. The fourth-order valence-electron chi connectivity index (χ4n) is 2.46. The van der Waals surface area contributed by atoms with Gasteiger partial charge in [0.25, 0.3) is 5.91 Å². The second kappa shape index (κ2) is 4.82. The van der Waals surface area contributed by atoms with Crippen LogP contribution in [-0.4, -0.2) is 23.5 Å². The zero-order chi connectivity index (χ0) is 13.2. The molecule has 0 saturated heterocycles. The van der Waals surface area contributed by atoms with E-state index >= 15 is 0 Å². The maximum absolute atomic E-state index is 12.5. The summed E-state index contributed by atoms with van der Waals surface area (Å²) in [5.74, 6) is -0.0456. The van der Waals surface area contributed by atoms with E-state index in [9.17, 15) is 4.79 Å². The van der Waals surface area contributed by atoms with Gasteiger partial charge in [0.1, 0.15) is 0 Å². The number of carbonyl (C=O) groups is 1. The summed E-state index contributed by atoms with van der Waals surface area (Å²) in [6.45, 7) is 0.546. The highest BCUT2D eigenvalue weighted by atomic mass is 16.2. The Morgan fingerprint density at radius 2 is 2.11 bits per heavy atom. The van der Waals surface area contributed by atoms with Crippen LogP contribution in [-0.2, 0) is 6.42 Å². The topological polar surface area (TPSA) is 59.2 Å². The van der Waals surface area contributed by atoms with Gasteiger partial charge in [0.2, 0.25) is 0 Å². The van der Waals surface area contributed by atoms with Crippen molar-refractivity contribution in [3.05, 3.63) is 59.9 Å². The van der Waals surface area contributed by atoms with Crippen molar-refractivity contribution in [2.45, 2.75) is 12.5 Å². The second-order valence-corrected chi connectivity index (χ2v) is 4.75. The molecular weight excluding hydrogens is 238 g/mol. The average Bonchev–Trinajstić information content (AvgIpc) is 2.46. The lowest BCUT2D eigenvalue weighted by Gasteiger charge is -2.33. The average molecular weight is 253 g/mol. The third-order valence-corrected chi connectivity index (χ3v) is 3.34. The van der Waals surface area contributed by atoms with Crippen LogP contribution in [0.4, 0.5) is 5.69 Å². The quantitative estimate of drug-likeness (QED) is 0.840. The summed E-state index contributed by atoms with van der Waals surface area (Å²) in [6.07, 6.45) is 4.06. The monoisotopic (exact) mass is 253 g/mol. The molecule has 96 valence electrons. The van der Waals surface area contributed by atoms with Gasteiger partial charge in [-0.15, -0.1) is 0 Å². The third kappa shape index (κ3) is 2.22. The molecule has 2 heterocycles. The van der Waals surface area contributed by atoms with E-state index in [4.69, 9.17) is 5.73 Å². The molecule has 1 atom stereocenters. The number of anilines is 1. The normalized spacial score (nSPS) is 17.9. The number of nitrogens with zero attached hydrogens (tertiary/aromatic N) is 2. The van der Waals surface area contributed by atoms with E-state index in [1.54, 1.807) is 29.4 Å². The van der Waals surface area contributed by atoms with Gasteiger partial charge in [-0.1, -0.05) is 18.2 Å². The van der Waals surface area contributed by atoms with Crippen LogP contribution in [0.25, 0.3) is 0 Å². The summed E-state index contributed by atoms with van der Waals surface area (Å²) in [6, 6.07) is 11.4. The SMILES string of the molecule is NC1Cc2ccccc2N(C(=O)c2cccnc2)C1. The maximum atomic E-state index is 12.5. The first-order valence-corrected chi connectivity index (χ1v) is 6.31. The van der Waals surface area contributed by atoms with Gasteiger partial charge < -0.3 is 10.6 Å². The minimum atomic E-state index is -0.0456. The Balaban J connectivity index is 1.99. The van der Waals surface area contributed by atoms with Gasteiger partial charge in [0.15, 0.2) is 0 Å². The van der Waals surface area contributed by atoms with Crippen LogP contribution in [0, 0.1) is 0 Å². The van der Waals surface area contributed by atoms with E-state index in [0.717, 1.165) is 17.7 Å². The zero-order valence-corrected chi connectivity index (χ0v) is 10.5. The number of fused-ring (bicyclic) bond motifs is 1. The highest BCUT2D eigenvalue weighted by Crippen LogP contribution is 2.27. The van der Waals surface area contributed by atoms with Crippen LogP contribution >= 0.6 is 0 Å². The first-order chi connectivity index (χ1) is 9.25. The minimum absolute atomic E-state index is 0.0180. The molecule has 1 aromatic carbocycles. The Kier molecular flexibility index (Phi) is 3.01. The van der Waals surface area contributed by atoms with E-state index in [2.05, 4.69) is 4.98 Å². The maximum Gasteiger partial charge on any atom is 0.259 e. The van der Waals surface area contributed by atoms with Crippen molar-refractivity contribution in [2.24, 2.45) is 5.73 Å². The molecule has 1 unspecified atom stereocenters. The largest absolute Gasteiger partial charge is 0.326 e. The molecule has 4 nitrogen and oxygen atoms in total. The van der Waals surface area contributed by atoms with Crippen LogP contribution in [0.5, 0.6) is 0 Å². The zero-order valence-electron chi connectivity index (χ0n) is 10.5. The number of amides is 1. The molecule has 1 aliphatic rings. The summed E-state index contributed by atoms with van der Waals surface area (Å²) in [5.41, 5.74) is 8.72. The van der Waals surface area contributed by atoms with Crippen molar-refractivity contribution in [1.82, 2.24) is 4.98 Å². The standard InChI is InChI=1S/C15H15N3O/c16-13-8-11-4-1-2-6-14(11)18(10-13)15(19)12-5-3-7-17-9-12/h1-7,9,13H,8,10,16H2. The van der Waals surface area contributed by atoms with Crippen molar-refractivity contribution in [1.29, 1.82) is 0 Å². The Morgan fingerprint density at radius 3 is 2.89 bits per heavy atom. The number of carbonyl (C=O) groups excluding carboxylic acids is 1. The van der Waals surface area contributed by atoms with Gasteiger partial charge in [-0.2, -0.15) is 0 Å². The predicted octanol–water partition coefficient (Wildman–Crippen LogP) is 1.61. The number of hydrogen-bond donors (Lipinski definition) is 1. The lowest BCUT2D eigenvalue weighted by molar-refractivity contribution is 0.0983. The summed E-state index contributed by atoms with van der Waals surface area (Å²) in [7, 11) is 0. The van der Waals surface area contributed by atoms with Gasteiger partial charge in [-0.3, -0.25) is 9.78 Å². The Morgan fingerprint density at radius 1 is 1.26 bits per heavy atom. The lowest BCUT2D eigenvalue weighted by Crippen LogP contribution is -2.46. The molecule has 0 radical (unpaired) electrons. The molecule has 4 heteroatoms. The van der Waals surface area contributed by atoms with Gasteiger partial charge in [0.05, 0.1) is 5.56 Å². The highest BCUT2D eigenvalue weighted by molar-refractivity contribution is 6.06. The molecular formula is C15H15N3O. The Labute approximate surface area is 111 Å². The van der Waals surface area contributed by atoms with Crippen molar-refractivity contribution in [3.63, 3.8) is 0 Å². The molecule has 0 spiro atoms. The first-order valence-electron chi connectivity index (χ1n) is 6.31. The van der Waals surface area contributed by atoms with Crippen molar-refractivity contribution in [3.8, 4) is 0 Å². The number of rotatable bonds is 1. The van der Waals surface area contributed by atoms with Gasteiger partial charge in [-0.05, 0) is 30.2 Å². The molecule has 0 saturated carbocycles. The van der Waals surface area contributed by atoms with Gasteiger partial charge >= 0.3 is 0 Å². The minimum Gasteiger partial charge on any atom is -0.326 e. The van der Waals surface area contributed by atoms with Crippen LogP contribution in [0.15, 0.2) is 48.8 Å². The number of nitrogens with two attached hydrogens (primary N) is 1. The molecule has 1 aliphatic heterocycles. The van der Waals surface area contributed by atoms with Crippen LogP contribution < -0.4 is 10.6 Å². The molecule has 0 bridgehead atoms. The molecule has 3 rings (SSSR count). The van der Waals surface area contributed by atoms with Crippen LogP contribution in [0.2, 0.25) is 0 Å². The van der Waals surface area contributed by atoms with E-state index in [0.29, 0.717) is 12.1 Å². The number of benzene rings is 1. The second-order valence-electron chi connectivity index (χ2n) is 4.75. The molecule has 0 aliphatic carbocycles. The number of pyridine rings is 1. The van der Waals surface area contributed by atoms with E-state index in [1.165, 1.54) is 0 Å². The van der Waals surface area contributed by atoms with Crippen molar-refractivity contribution < 1.29 is 4.79 Å². The van der Waals surface area contributed by atoms with Gasteiger partial charge in [0, 0.05) is 30.7 Å². The van der Waals surface area contributed by atoms with E-state index in [1.807, 2.05) is 24.3 Å². The third-order valence-electron chi connectivity index (χ3n) is 3.34. The molecule has 1 amide bonds. The molecule has 2 N–H and O–H groups in total. The smallest absolute Gasteiger partial charge is 0.259 e. The first kappa shape index (κ1) is 11.9. The van der Waals surface area contributed by atoms with Crippen LogP contribution in [0.1, 0.15) is 15.9 Å². The molecule has 2 aromatic rings. The summed E-state index contributed by atoms with van der Waals surface area (Å²) in [5, 5.41) is 0. The fourth-order valence-corrected chi connectivity index (χ4v) is 2.46. The molecule has 0 fully saturated rings. The highest BCUT2D eigenvalue weighted by Gasteiger charge is 2.27. The molecule has 19 heavy (non-hydrogen) atoms. The number of hydrogen-bond acceptors (Lipinski definition) is 3. The fraction of sp³-hybridized carbons (Fsp3) is 0.200.